The lowest BCUT2D eigenvalue weighted by Crippen LogP contribution is -2.47. The predicted octanol–water partition coefficient (Wildman–Crippen LogP) is 2.37. The summed E-state index contributed by atoms with van der Waals surface area (Å²) in [4.78, 5) is 29.9. The molecule has 0 saturated carbocycles. The zero-order valence-electron chi connectivity index (χ0n) is 14.7. The normalized spacial score (nSPS) is 20.1. The summed E-state index contributed by atoms with van der Waals surface area (Å²) in [7, 11) is 1.51. The number of hydrogen-bond acceptors (Lipinski definition) is 5. The zero-order valence-corrected chi connectivity index (χ0v) is 14.7. The van der Waals surface area contributed by atoms with Crippen molar-refractivity contribution in [1.29, 1.82) is 0 Å². The van der Waals surface area contributed by atoms with Gasteiger partial charge < -0.3 is 15.5 Å². The Morgan fingerprint density at radius 2 is 2.15 bits per heavy atom. The SMILES string of the molecule is Cc1ccoc1C(=O)Nc1ccc(F)c(C2(C)CC(=O)N(C)C(N)=N2)c1. The van der Waals surface area contributed by atoms with Crippen molar-refractivity contribution >= 4 is 23.5 Å². The highest BCUT2D eigenvalue weighted by Crippen LogP contribution is 2.35. The molecule has 7 nitrogen and oxygen atoms in total. The van der Waals surface area contributed by atoms with Crippen molar-refractivity contribution in [3.63, 3.8) is 0 Å². The fourth-order valence-corrected chi connectivity index (χ4v) is 2.87. The van der Waals surface area contributed by atoms with Crippen LogP contribution in [-0.4, -0.2) is 29.7 Å². The topological polar surface area (TPSA) is 101 Å². The molecule has 0 fully saturated rings. The van der Waals surface area contributed by atoms with E-state index in [2.05, 4.69) is 10.3 Å². The monoisotopic (exact) mass is 358 g/mol. The van der Waals surface area contributed by atoms with Gasteiger partial charge in [0.1, 0.15) is 5.82 Å². The number of anilines is 1. The van der Waals surface area contributed by atoms with E-state index in [0.717, 1.165) is 0 Å². The van der Waals surface area contributed by atoms with Gasteiger partial charge in [0.15, 0.2) is 11.7 Å². The van der Waals surface area contributed by atoms with E-state index in [9.17, 15) is 14.0 Å². The Labute approximate surface area is 149 Å². The van der Waals surface area contributed by atoms with Crippen LogP contribution in [0.1, 0.15) is 35.0 Å². The van der Waals surface area contributed by atoms with Crippen LogP contribution >= 0.6 is 0 Å². The minimum atomic E-state index is -1.15. The summed E-state index contributed by atoms with van der Waals surface area (Å²) in [6.07, 6.45) is 1.39. The number of carbonyl (C=O) groups is 2. The molecule has 1 atom stereocenters. The van der Waals surface area contributed by atoms with Crippen molar-refractivity contribution in [2.45, 2.75) is 25.8 Å². The van der Waals surface area contributed by atoms with E-state index >= 15 is 0 Å². The van der Waals surface area contributed by atoms with Gasteiger partial charge in [-0.05, 0) is 38.1 Å². The Hall–Kier alpha value is -3.16. The lowest BCUT2D eigenvalue weighted by molar-refractivity contribution is -0.128. The molecule has 26 heavy (non-hydrogen) atoms. The van der Waals surface area contributed by atoms with E-state index in [1.807, 2.05) is 0 Å². The van der Waals surface area contributed by atoms with Crippen molar-refractivity contribution in [2.75, 3.05) is 12.4 Å². The van der Waals surface area contributed by atoms with E-state index in [1.165, 1.54) is 36.4 Å². The van der Waals surface area contributed by atoms with Gasteiger partial charge in [-0.3, -0.25) is 14.5 Å². The first-order valence-corrected chi connectivity index (χ1v) is 7.98. The molecule has 3 rings (SSSR count). The molecule has 2 aromatic rings. The Balaban J connectivity index is 1.95. The summed E-state index contributed by atoms with van der Waals surface area (Å²) in [5.74, 6) is -1.05. The molecule has 1 aromatic heterocycles. The number of halogens is 1. The van der Waals surface area contributed by atoms with Crippen LogP contribution in [-0.2, 0) is 10.3 Å². The Morgan fingerprint density at radius 1 is 1.42 bits per heavy atom. The number of carbonyl (C=O) groups excluding carboxylic acids is 2. The molecular formula is C18H19FN4O3. The fourth-order valence-electron chi connectivity index (χ4n) is 2.87. The maximum absolute atomic E-state index is 14.5. The molecule has 0 spiro atoms. The van der Waals surface area contributed by atoms with Gasteiger partial charge in [0, 0.05) is 23.9 Å². The number of amides is 2. The van der Waals surface area contributed by atoms with Crippen LogP contribution in [0.3, 0.4) is 0 Å². The molecule has 8 heteroatoms. The van der Waals surface area contributed by atoms with Gasteiger partial charge in [0.2, 0.25) is 5.91 Å². The molecule has 1 unspecified atom stereocenters. The second kappa shape index (κ2) is 6.29. The zero-order chi connectivity index (χ0) is 19.1. The first kappa shape index (κ1) is 17.7. The molecule has 3 N–H and O–H groups in total. The van der Waals surface area contributed by atoms with Crippen molar-refractivity contribution in [3.8, 4) is 0 Å². The summed E-state index contributed by atoms with van der Waals surface area (Å²) >= 11 is 0. The number of furan rings is 1. The summed E-state index contributed by atoms with van der Waals surface area (Å²) in [5.41, 5.74) is 5.86. The number of nitrogens with two attached hydrogens (primary N) is 1. The quantitative estimate of drug-likeness (QED) is 0.879. The van der Waals surface area contributed by atoms with Crippen LogP contribution in [0.4, 0.5) is 10.1 Å². The third-order valence-corrected chi connectivity index (χ3v) is 4.45. The average Bonchev–Trinajstić information content (AvgIpc) is 3.00. The van der Waals surface area contributed by atoms with Gasteiger partial charge in [-0.2, -0.15) is 0 Å². The van der Waals surface area contributed by atoms with Gasteiger partial charge >= 0.3 is 0 Å². The highest BCUT2D eigenvalue weighted by molar-refractivity contribution is 6.03. The van der Waals surface area contributed by atoms with Gasteiger partial charge in [0.05, 0.1) is 18.2 Å². The average molecular weight is 358 g/mol. The standard InChI is InChI=1S/C18H19FN4O3/c1-10-6-7-26-15(10)16(25)21-11-4-5-13(19)12(8-11)18(2)9-14(24)23(3)17(20)22-18/h4-8H,9H2,1-3H3,(H2,20,22)(H,21,25). The van der Waals surface area contributed by atoms with Gasteiger partial charge in [-0.25, -0.2) is 9.38 Å². The van der Waals surface area contributed by atoms with Gasteiger partial charge in [-0.15, -0.1) is 0 Å². The Morgan fingerprint density at radius 3 is 2.77 bits per heavy atom. The second-order valence-electron chi connectivity index (χ2n) is 6.45. The van der Waals surface area contributed by atoms with E-state index in [4.69, 9.17) is 10.2 Å². The van der Waals surface area contributed by atoms with Gasteiger partial charge in [-0.1, -0.05) is 0 Å². The molecule has 2 amide bonds. The number of rotatable bonds is 3. The smallest absolute Gasteiger partial charge is 0.291 e. The predicted molar refractivity (Wildman–Crippen MR) is 94.2 cm³/mol. The molecule has 2 heterocycles. The van der Waals surface area contributed by atoms with Crippen molar-refractivity contribution < 1.29 is 18.4 Å². The van der Waals surface area contributed by atoms with E-state index < -0.39 is 17.3 Å². The van der Waals surface area contributed by atoms with Crippen molar-refractivity contribution in [3.05, 3.63) is 53.2 Å². The molecular weight excluding hydrogens is 339 g/mol. The van der Waals surface area contributed by atoms with E-state index in [0.29, 0.717) is 11.3 Å². The van der Waals surface area contributed by atoms with Crippen LogP contribution in [0, 0.1) is 12.7 Å². The highest BCUT2D eigenvalue weighted by atomic mass is 19.1. The number of nitrogens with zero attached hydrogens (tertiary/aromatic N) is 2. The third-order valence-electron chi connectivity index (χ3n) is 4.45. The summed E-state index contributed by atoms with van der Waals surface area (Å²) in [5, 5.41) is 2.67. The summed E-state index contributed by atoms with van der Waals surface area (Å²) in [6, 6.07) is 5.79. The van der Waals surface area contributed by atoms with Crippen LogP contribution in [0.5, 0.6) is 0 Å². The molecule has 1 aromatic carbocycles. The van der Waals surface area contributed by atoms with Crippen molar-refractivity contribution in [1.82, 2.24) is 4.90 Å². The Bertz CT molecular complexity index is 921. The molecule has 136 valence electrons. The minimum absolute atomic E-state index is 0.0174. The highest BCUT2D eigenvalue weighted by Gasteiger charge is 2.38. The van der Waals surface area contributed by atoms with Gasteiger partial charge in [0.25, 0.3) is 5.91 Å². The molecule has 0 bridgehead atoms. The largest absolute Gasteiger partial charge is 0.459 e. The minimum Gasteiger partial charge on any atom is -0.459 e. The maximum Gasteiger partial charge on any atom is 0.291 e. The third kappa shape index (κ3) is 3.05. The van der Waals surface area contributed by atoms with Crippen LogP contribution in [0.2, 0.25) is 0 Å². The van der Waals surface area contributed by atoms with E-state index in [-0.39, 0.29) is 29.6 Å². The number of hydrogen-bond donors (Lipinski definition) is 2. The molecule has 1 aliphatic rings. The maximum atomic E-state index is 14.5. The number of aryl methyl sites for hydroxylation is 1. The van der Waals surface area contributed by atoms with E-state index in [1.54, 1.807) is 19.9 Å². The number of aliphatic imine (C=N–C) groups is 1. The van der Waals surface area contributed by atoms with Crippen molar-refractivity contribution in [2.24, 2.45) is 10.7 Å². The van der Waals surface area contributed by atoms with Crippen LogP contribution in [0.15, 0.2) is 39.9 Å². The number of nitrogens with one attached hydrogen (secondary N) is 1. The first-order chi connectivity index (χ1) is 12.2. The number of benzene rings is 1. The summed E-state index contributed by atoms with van der Waals surface area (Å²) in [6.45, 7) is 3.38. The van der Waals surface area contributed by atoms with Crippen LogP contribution in [0.25, 0.3) is 0 Å². The number of guanidine groups is 1. The molecule has 0 saturated heterocycles. The molecule has 1 aliphatic heterocycles. The van der Waals surface area contributed by atoms with Crippen LogP contribution < -0.4 is 11.1 Å². The second-order valence-corrected chi connectivity index (χ2v) is 6.45. The fraction of sp³-hybridized carbons (Fsp3) is 0.278. The lowest BCUT2D eigenvalue weighted by Gasteiger charge is -2.34. The molecule has 0 aliphatic carbocycles. The Kier molecular flexibility index (Phi) is 4.27. The molecule has 0 radical (unpaired) electrons. The summed E-state index contributed by atoms with van der Waals surface area (Å²) < 4.78 is 19.6. The first-order valence-electron chi connectivity index (χ1n) is 7.98. The lowest BCUT2D eigenvalue weighted by atomic mass is 9.87.